The zero-order chi connectivity index (χ0) is 15.2. The topological polar surface area (TPSA) is 34.2 Å². The van der Waals surface area contributed by atoms with E-state index in [0.29, 0.717) is 5.88 Å². The van der Waals surface area contributed by atoms with E-state index >= 15 is 0 Å². The molecule has 0 saturated heterocycles. The number of benzene rings is 1. The van der Waals surface area contributed by atoms with Crippen molar-refractivity contribution in [1.29, 1.82) is 0 Å². The molecular formula is C16H18Br2N2O. The Labute approximate surface area is 142 Å². The largest absolute Gasteiger partial charge is 0.438 e. The monoisotopic (exact) mass is 412 g/mol. The molecule has 1 aromatic carbocycles. The molecule has 2 rings (SSSR count). The van der Waals surface area contributed by atoms with Crippen LogP contribution in [-0.2, 0) is 6.54 Å². The molecule has 112 valence electrons. The van der Waals surface area contributed by atoms with Gasteiger partial charge < -0.3 is 10.1 Å². The molecule has 2 aromatic rings. The minimum Gasteiger partial charge on any atom is -0.438 e. The molecule has 21 heavy (non-hydrogen) atoms. The maximum atomic E-state index is 6.00. The van der Waals surface area contributed by atoms with E-state index in [1.54, 1.807) is 6.20 Å². The van der Waals surface area contributed by atoms with Gasteiger partial charge in [0, 0.05) is 27.3 Å². The van der Waals surface area contributed by atoms with E-state index in [2.05, 4.69) is 49.1 Å². The van der Waals surface area contributed by atoms with Crippen molar-refractivity contribution in [2.24, 2.45) is 0 Å². The van der Waals surface area contributed by atoms with E-state index < -0.39 is 0 Å². The first-order valence-corrected chi connectivity index (χ1v) is 8.48. The van der Waals surface area contributed by atoms with Crippen LogP contribution in [0.4, 0.5) is 0 Å². The third kappa shape index (κ3) is 4.80. The maximum Gasteiger partial charge on any atom is 0.223 e. The smallest absolute Gasteiger partial charge is 0.223 e. The lowest BCUT2D eigenvalue weighted by Crippen LogP contribution is -2.14. The summed E-state index contributed by atoms with van der Waals surface area (Å²) in [6, 6.07) is 8.02. The van der Waals surface area contributed by atoms with Crippen molar-refractivity contribution in [2.75, 3.05) is 6.54 Å². The average Bonchev–Trinajstić information content (AvgIpc) is 2.46. The molecular weight excluding hydrogens is 396 g/mol. The molecule has 0 aliphatic rings. The van der Waals surface area contributed by atoms with Gasteiger partial charge in [-0.25, -0.2) is 4.98 Å². The van der Waals surface area contributed by atoms with Gasteiger partial charge in [0.25, 0.3) is 0 Å². The number of aromatic nitrogens is 1. The summed E-state index contributed by atoms with van der Waals surface area (Å²) < 4.78 is 7.95. The van der Waals surface area contributed by atoms with Gasteiger partial charge in [-0.1, -0.05) is 28.9 Å². The number of nitrogens with zero attached hydrogens (tertiary/aromatic N) is 1. The number of pyridine rings is 1. The van der Waals surface area contributed by atoms with Gasteiger partial charge in [-0.3, -0.25) is 0 Å². The average molecular weight is 414 g/mol. The van der Waals surface area contributed by atoms with Crippen molar-refractivity contribution in [3.8, 4) is 11.6 Å². The number of ether oxygens (including phenoxy) is 1. The van der Waals surface area contributed by atoms with Crippen LogP contribution in [0.5, 0.6) is 11.6 Å². The fourth-order valence-electron chi connectivity index (χ4n) is 1.88. The highest BCUT2D eigenvalue weighted by atomic mass is 79.9. The third-order valence-corrected chi connectivity index (χ3v) is 3.92. The van der Waals surface area contributed by atoms with E-state index in [-0.39, 0.29) is 0 Å². The van der Waals surface area contributed by atoms with E-state index in [1.165, 1.54) is 0 Å². The number of nitrogens with one attached hydrogen (secondary N) is 1. The Bertz CT molecular complexity index is 617. The molecule has 3 nitrogen and oxygen atoms in total. The molecule has 0 amide bonds. The molecule has 0 radical (unpaired) electrons. The Morgan fingerprint density at radius 2 is 2.00 bits per heavy atom. The first-order chi connectivity index (χ1) is 10.1. The van der Waals surface area contributed by atoms with Crippen molar-refractivity contribution in [3.63, 3.8) is 0 Å². The fraction of sp³-hybridized carbons (Fsp3) is 0.312. The maximum absolute atomic E-state index is 6.00. The van der Waals surface area contributed by atoms with Gasteiger partial charge in [-0.15, -0.1) is 0 Å². The molecule has 1 aromatic heterocycles. The molecule has 0 spiro atoms. The van der Waals surface area contributed by atoms with Crippen LogP contribution < -0.4 is 10.1 Å². The van der Waals surface area contributed by atoms with Gasteiger partial charge in [0.2, 0.25) is 5.88 Å². The molecule has 0 aliphatic heterocycles. The van der Waals surface area contributed by atoms with Crippen LogP contribution in [0.15, 0.2) is 39.4 Å². The molecule has 1 heterocycles. The van der Waals surface area contributed by atoms with Crippen molar-refractivity contribution in [1.82, 2.24) is 10.3 Å². The van der Waals surface area contributed by atoms with E-state index in [4.69, 9.17) is 4.74 Å². The Morgan fingerprint density at radius 1 is 1.19 bits per heavy atom. The van der Waals surface area contributed by atoms with Gasteiger partial charge in [0.1, 0.15) is 5.75 Å². The first-order valence-electron chi connectivity index (χ1n) is 6.89. The highest BCUT2D eigenvalue weighted by Gasteiger charge is 2.09. The van der Waals surface area contributed by atoms with Crippen molar-refractivity contribution in [3.05, 3.63) is 50.5 Å². The second-order valence-corrected chi connectivity index (χ2v) is 6.64. The SMILES string of the molecule is CCCNCc1cc(Br)cnc1Oc1cc(Br)ccc1C. The molecule has 0 aliphatic carbocycles. The minimum absolute atomic E-state index is 0.642. The van der Waals surface area contributed by atoms with Crippen LogP contribution in [-0.4, -0.2) is 11.5 Å². The lowest BCUT2D eigenvalue weighted by atomic mass is 10.2. The second-order valence-electron chi connectivity index (χ2n) is 4.81. The number of aryl methyl sites for hydroxylation is 1. The normalized spacial score (nSPS) is 10.7. The molecule has 0 atom stereocenters. The van der Waals surface area contributed by atoms with Crippen LogP contribution >= 0.6 is 31.9 Å². The summed E-state index contributed by atoms with van der Waals surface area (Å²) >= 11 is 6.93. The van der Waals surface area contributed by atoms with E-state index in [9.17, 15) is 0 Å². The summed E-state index contributed by atoms with van der Waals surface area (Å²) in [5.41, 5.74) is 2.12. The number of rotatable bonds is 6. The molecule has 0 fully saturated rings. The standard InChI is InChI=1S/C16H18Br2N2O/c1-3-6-19-9-12-7-14(18)10-20-16(12)21-15-8-13(17)5-4-11(15)2/h4-5,7-8,10,19H,3,6,9H2,1-2H3. The number of hydrogen-bond acceptors (Lipinski definition) is 3. The summed E-state index contributed by atoms with van der Waals surface area (Å²) in [6.45, 7) is 5.88. The van der Waals surface area contributed by atoms with Crippen LogP contribution in [0.3, 0.4) is 0 Å². The molecule has 0 bridgehead atoms. The third-order valence-electron chi connectivity index (χ3n) is 2.99. The predicted molar refractivity (Wildman–Crippen MR) is 92.9 cm³/mol. The lowest BCUT2D eigenvalue weighted by Gasteiger charge is -2.13. The Balaban J connectivity index is 2.24. The van der Waals surface area contributed by atoms with Gasteiger partial charge in [0.05, 0.1) is 0 Å². The number of hydrogen-bond donors (Lipinski definition) is 1. The van der Waals surface area contributed by atoms with Gasteiger partial charge in [0.15, 0.2) is 0 Å². The van der Waals surface area contributed by atoms with E-state index in [1.807, 2.05) is 31.2 Å². The second kappa shape index (κ2) is 7.92. The minimum atomic E-state index is 0.642. The molecule has 0 unspecified atom stereocenters. The summed E-state index contributed by atoms with van der Waals surface area (Å²) in [7, 11) is 0. The first kappa shape index (κ1) is 16.5. The Kier molecular flexibility index (Phi) is 6.21. The van der Waals surface area contributed by atoms with Crippen molar-refractivity contribution < 1.29 is 4.74 Å². The lowest BCUT2D eigenvalue weighted by molar-refractivity contribution is 0.449. The summed E-state index contributed by atoms with van der Waals surface area (Å²) in [6.07, 6.45) is 2.86. The van der Waals surface area contributed by atoms with Crippen LogP contribution in [0, 0.1) is 6.92 Å². The highest BCUT2D eigenvalue weighted by molar-refractivity contribution is 9.10. The molecule has 5 heteroatoms. The molecule has 0 saturated carbocycles. The summed E-state index contributed by atoms with van der Waals surface area (Å²) in [4.78, 5) is 4.40. The van der Waals surface area contributed by atoms with Gasteiger partial charge >= 0.3 is 0 Å². The summed E-state index contributed by atoms with van der Waals surface area (Å²) in [5.74, 6) is 1.46. The number of halogens is 2. The fourth-order valence-corrected chi connectivity index (χ4v) is 2.59. The van der Waals surface area contributed by atoms with Crippen molar-refractivity contribution >= 4 is 31.9 Å². The van der Waals surface area contributed by atoms with Gasteiger partial charge in [-0.2, -0.15) is 0 Å². The quantitative estimate of drug-likeness (QED) is 0.660. The predicted octanol–water partition coefficient (Wildman–Crippen LogP) is 5.21. The molecule has 1 N–H and O–H groups in total. The highest BCUT2D eigenvalue weighted by Crippen LogP contribution is 2.30. The van der Waals surface area contributed by atoms with Crippen LogP contribution in [0.1, 0.15) is 24.5 Å². The van der Waals surface area contributed by atoms with Crippen molar-refractivity contribution in [2.45, 2.75) is 26.8 Å². The summed E-state index contributed by atoms with van der Waals surface area (Å²) in [5, 5.41) is 3.38. The Morgan fingerprint density at radius 3 is 2.76 bits per heavy atom. The van der Waals surface area contributed by atoms with E-state index in [0.717, 1.165) is 45.3 Å². The van der Waals surface area contributed by atoms with Crippen LogP contribution in [0.25, 0.3) is 0 Å². The van der Waals surface area contributed by atoms with Gasteiger partial charge in [-0.05, 0) is 59.6 Å². The van der Waals surface area contributed by atoms with Crippen LogP contribution in [0.2, 0.25) is 0 Å². The zero-order valence-corrected chi connectivity index (χ0v) is 15.3. The zero-order valence-electron chi connectivity index (χ0n) is 12.1. The Hall–Kier alpha value is -0.910.